The maximum absolute atomic E-state index is 12.5. The van der Waals surface area contributed by atoms with Gasteiger partial charge in [-0.3, -0.25) is 4.79 Å². The number of unbranched alkanes of at least 4 members (excludes halogenated alkanes) is 33. The van der Waals surface area contributed by atoms with E-state index >= 15 is 0 Å². The summed E-state index contributed by atoms with van der Waals surface area (Å²) in [6.07, 6.45) is 53.7. The van der Waals surface area contributed by atoms with Crippen molar-refractivity contribution in [3.63, 3.8) is 0 Å². The number of carbonyl (C=O) groups is 1. The molecule has 338 valence electrons. The van der Waals surface area contributed by atoms with Gasteiger partial charge in [0.2, 0.25) is 5.91 Å². The number of hydrogen-bond donors (Lipinski definition) is 5. The van der Waals surface area contributed by atoms with Gasteiger partial charge in [-0.2, -0.15) is 0 Å². The molecule has 0 spiro atoms. The normalized spacial score (nSPS) is 14.1. The smallest absolute Gasteiger partial charge is 0.249 e. The average Bonchev–Trinajstić information content (AvgIpc) is 3.22. The molecule has 4 atom stereocenters. The monoisotopic (exact) mass is 806 g/mol. The largest absolute Gasteiger partial charge is 0.394 e. The van der Waals surface area contributed by atoms with Crippen molar-refractivity contribution < 1.29 is 25.2 Å². The van der Waals surface area contributed by atoms with Crippen LogP contribution in [-0.2, 0) is 4.79 Å². The minimum absolute atomic E-state index is 0.364. The zero-order valence-electron chi connectivity index (χ0n) is 38.1. The van der Waals surface area contributed by atoms with Crippen molar-refractivity contribution in [2.75, 3.05) is 6.61 Å². The van der Waals surface area contributed by atoms with Gasteiger partial charge in [-0.1, -0.05) is 237 Å². The van der Waals surface area contributed by atoms with E-state index < -0.39 is 36.9 Å². The highest BCUT2D eigenvalue weighted by Crippen LogP contribution is 2.17. The van der Waals surface area contributed by atoms with Crippen LogP contribution in [0, 0.1) is 0 Å². The van der Waals surface area contributed by atoms with Crippen LogP contribution in [0.4, 0.5) is 0 Å². The molecule has 0 aliphatic rings. The van der Waals surface area contributed by atoms with Crippen LogP contribution in [0.25, 0.3) is 0 Å². The average molecular weight is 806 g/mol. The standard InChI is InChI=1S/C51H99NO5/c1-3-5-7-9-11-13-15-17-19-21-22-23-24-25-26-27-29-31-33-35-37-39-41-43-45-49(55)51(57)52-47(46-53)50(56)48(54)44-42-40-38-36-34-32-30-28-20-18-16-14-12-10-8-6-4-2/h28,30,36,38,47-50,53-56H,3-27,29,31-35,37,39-46H2,1-2H3,(H,52,57)/b30-28+,38-36+. The van der Waals surface area contributed by atoms with Crippen molar-refractivity contribution in [1.82, 2.24) is 5.32 Å². The fourth-order valence-corrected chi connectivity index (χ4v) is 7.89. The van der Waals surface area contributed by atoms with Gasteiger partial charge in [0.15, 0.2) is 0 Å². The highest BCUT2D eigenvalue weighted by atomic mass is 16.3. The lowest BCUT2D eigenvalue weighted by molar-refractivity contribution is -0.132. The number of aliphatic hydroxyl groups excluding tert-OH is 4. The van der Waals surface area contributed by atoms with E-state index in [2.05, 4.69) is 43.5 Å². The van der Waals surface area contributed by atoms with Crippen molar-refractivity contribution in [2.45, 2.75) is 289 Å². The van der Waals surface area contributed by atoms with Gasteiger partial charge >= 0.3 is 0 Å². The molecule has 0 radical (unpaired) electrons. The molecular formula is C51H99NO5. The summed E-state index contributed by atoms with van der Waals surface area (Å²) in [7, 11) is 0. The minimum Gasteiger partial charge on any atom is -0.394 e. The molecule has 0 aromatic carbocycles. The van der Waals surface area contributed by atoms with E-state index in [1.807, 2.05) is 0 Å². The Morgan fingerprint density at radius 2 is 0.737 bits per heavy atom. The van der Waals surface area contributed by atoms with E-state index in [1.54, 1.807) is 0 Å². The summed E-state index contributed by atoms with van der Waals surface area (Å²) < 4.78 is 0. The predicted molar refractivity (Wildman–Crippen MR) is 247 cm³/mol. The van der Waals surface area contributed by atoms with Crippen molar-refractivity contribution in [1.29, 1.82) is 0 Å². The lowest BCUT2D eigenvalue weighted by Gasteiger charge is -2.27. The van der Waals surface area contributed by atoms with Crippen LogP contribution in [0.3, 0.4) is 0 Å². The van der Waals surface area contributed by atoms with Crippen molar-refractivity contribution in [3.8, 4) is 0 Å². The third-order valence-electron chi connectivity index (χ3n) is 11.9. The Kier molecular flexibility index (Phi) is 44.9. The summed E-state index contributed by atoms with van der Waals surface area (Å²) >= 11 is 0. The van der Waals surface area contributed by atoms with Gasteiger partial charge in [-0.05, 0) is 51.4 Å². The van der Waals surface area contributed by atoms with Gasteiger partial charge in [0, 0.05) is 0 Å². The summed E-state index contributed by atoms with van der Waals surface area (Å²) in [5.74, 6) is -0.593. The van der Waals surface area contributed by atoms with Gasteiger partial charge in [0.05, 0.1) is 18.8 Å². The van der Waals surface area contributed by atoms with Crippen LogP contribution >= 0.6 is 0 Å². The van der Waals surface area contributed by atoms with Gasteiger partial charge in [0.25, 0.3) is 0 Å². The molecule has 4 unspecified atom stereocenters. The molecule has 0 bridgehead atoms. The van der Waals surface area contributed by atoms with E-state index in [-0.39, 0.29) is 0 Å². The van der Waals surface area contributed by atoms with Gasteiger partial charge < -0.3 is 25.7 Å². The highest BCUT2D eigenvalue weighted by molar-refractivity contribution is 5.80. The first kappa shape index (κ1) is 55.8. The predicted octanol–water partition coefficient (Wildman–Crippen LogP) is 13.9. The first-order valence-corrected chi connectivity index (χ1v) is 25.2. The van der Waals surface area contributed by atoms with Crippen molar-refractivity contribution >= 4 is 5.91 Å². The Bertz CT molecular complexity index is 863. The van der Waals surface area contributed by atoms with E-state index in [1.165, 1.54) is 193 Å². The molecular weight excluding hydrogens is 707 g/mol. The molecule has 57 heavy (non-hydrogen) atoms. The third-order valence-corrected chi connectivity index (χ3v) is 11.9. The summed E-state index contributed by atoms with van der Waals surface area (Å²) in [5.41, 5.74) is 0. The summed E-state index contributed by atoms with van der Waals surface area (Å²) in [4.78, 5) is 12.5. The van der Waals surface area contributed by atoms with Crippen LogP contribution in [0.15, 0.2) is 24.3 Å². The maximum Gasteiger partial charge on any atom is 0.249 e. The van der Waals surface area contributed by atoms with Gasteiger partial charge in [-0.15, -0.1) is 0 Å². The van der Waals surface area contributed by atoms with E-state index in [9.17, 15) is 25.2 Å². The molecule has 0 fully saturated rings. The second kappa shape index (κ2) is 45.9. The van der Waals surface area contributed by atoms with Crippen LogP contribution in [0.1, 0.15) is 264 Å². The second-order valence-electron chi connectivity index (χ2n) is 17.5. The van der Waals surface area contributed by atoms with E-state index in [4.69, 9.17) is 0 Å². The minimum atomic E-state index is -1.29. The zero-order chi connectivity index (χ0) is 41.7. The first-order valence-electron chi connectivity index (χ1n) is 25.2. The Labute approximate surface area is 354 Å². The fraction of sp³-hybridized carbons (Fsp3) is 0.902. The summed E-state index contributed by atoms with van der Waals surface area (Å²) in [5, 5.41) is 43.8. The lowest BCUT2D eigenvalue weighted by atomic mass is 10.00. The molecule has 0 saturated heterocycles. The zero-order valence-corrected chi connectivity index (χ0v) is 38.1. The Morgan fingerprint density at radius 3 is 1.11 bits per heavy atom. The number of hydrogen-bond acceptors (Lipinski definition) is 5. The van der Waals surface area contributed by atoms with Crippen LogP contribution in [0.2, 0.25) is 0 Å². The van der Waals surface area contributed by atoms with Crippen LogP contribution in [0.5, 0.6) is 0 Å². The first-order chi connectivity index (χ1) is 28.0. The molecule has 0 saturated carbocycles. The number of carbonyl (C=O) groups excluding carboxylic acids is 1. The van der Waals surface area contributed by atoms with E-state index in [0.29, 0.717) is 19.3 Å². The Balaban J connectivity index is 3.69. The summed E-state index contributed by atoms with van der Waals surface area (Å²) in [6.45, 7) is 4.05. The molecule has 0 aromatic heterocycles. The third kappa shape index (κ3) is 40.0. The Hall–Kier alpha value is -1.21. The number of nitrogens with one attached hydrogen (secondary N) is 1. The number of rotatable bonds is 46. The fourth-order valence-electron chi connectivity index (χ4n) is 7.89. The molecule has 0 rings (SSSR count). The molecule has 6 heteroatoms. The quantitative estimate of drug-likeness (QED) is 0.0311. The molecule has 0 aliphatic carbocycles. The number of amides is 1. The van der Waals surface area contributed by atoms with Gasteiger partial charge in [-0.25, -0.2) is 0 Å². The number of allylic oxidation sites excluding steroid dienone is 4. The molecule has 0 aliphatic heterocycles. The van der Waals surface area contributed by atoms with Gasteiger partial charge in [0.1, 0.15) is 12.2 Å². The lowest BCUT2D eigenvalue weighted by Crippen LogP contribution is -2.53. The van der Waals surface area contributed by atoms with Crippen LogP contribution < -0.4 is 5.32 Å². The van der Waals surface area contributed by atoms with Crippen molar-refractivity contribution in [3.05, 3.63) is 24.3 Å². The maximum atomic E-state index is 12.5. The van der Waals surface area contributed by atoms with Crippen LogP contribution in [-0.4, -0.2) is 57.3 Å². The summed E-state index contributed by atoms with van der Waals surface area (Å²) in [6, 6.07) is -1.01. The SMILES string of the molecule is CCCCCCCCCC/C=C/CC/C=C/CCCC(O)C(O)C(CO)NC(=O)C(O)CCCCCCCCCCCCCCCCCCCCCCCCCC. The van der Waals surface area contributed by atoms with E-state index in [0.717, 1.165) is 38.5 Å². The topological polar surface area (TPSA) is 110 Å². The Morgan fingerprint density at radius 1 is 0.421 bits per heavy atom. The second-order valence-corrected chi connectivity index (χ2v) is 17.5. The molecule has 0 heterocycles. The molecule has 6 nitrogen and oxygen atoms in total. The van der Waals surface area contributed by atoms with Crippen molar-refractivity contribution in [2.24, 2.45) is 0 Å². The number of aliphatic hydroxyl groups is 4. The molecule has 0 aromatic rings. The highest BCUT2D eigenvalue weighted by Gasteiger charge is 2.28. The molecule has 1 amide bonds. The molecule has 5 N–H and O–H groups in total.